The van der Waals surface area contributed by atoms with Gasteiger partial charge in [-0.15, -0.1) is 0 Å². The van der Waals surface area contributed by atoms with Crippen LogP contribution in [0.4, 0.5) is 0 Å². The lowest BCUT2D eigenvalue weighted by Crippen LogP contribution is -2.50. The predicted octanol–water partition coefficient (Wildman–Crippen LogP) is 0.672. The molecule has 2 atom stereocenters. The van der Waals surface area contributed by atoms with Gasteiger partial charge in [0.15, 0.2) is 0 Å². The fourth-order valence-electron chi connectivity index (χ4n) is 2.35. The number of carbonyl (C=O) groups excluding carboxylic acids is 2. The van der Waals surface area contributed by atoms with E-state index < -0.39 is 0 Å². The van der Waals surface area contributed by atoms with E-state index in [9.17, 15) is 9.59 Å². The summed E-state index contributed by atoms with van der Waals surface area (Å²) < 4.78 is 10.1. The van der Waals surface area contributed by atoms with E-state index in [2.05, 4.69) is 4.74 Å². The number of hydrogen-bond acceptors (Lipinski definition) is 5. The first-order valence-corrected chi connectivity index (χ1v) is 7.44. The van der Waals surface area contributed by atoms with Crippen molar-refractivity contribution in [1.29, 1.82) is 0 Å². The molecule has 0 N–H and O–H groups in total. The molecule has 2 unspecified atom stereocenters. The second-order valence-electron chi connectivity index (χ2n) is 4.54. The number of nitrogens with zero attached hydrogens (tertiary/aromatic N) is 1. The molecular formula is C12H19NO4S. The van der Waals surface area contributed by atoms with Gasteiger partial charge in [-0.05, 0) is 12.8 Å². The molecule has 0 aromatic rings. The third-order valence-corrected chi connectivity index (χ3v) is 4.44. The van der Waals surface area contributed by atoms with E-state index in [4.69, 9.17) is 4.74 Å². The van der Waals surface area contributed by atoms with Gasteiger partial charge in [-0.25, -0.2) is 0 Å². The van der Waals surface area contributed by atoms with Gasteiger partial charge in [0, 0.05) is 24.7 Å². The fraction of sp³-hybridized carbons (Fsp3) is 0.833. The summed E-state index contributed by atoms with van der Waals surface area (Å²) in [7, 11) is 1.38. The Bertz CT molecular complexity index is 317. The summed E-state index contributed by atoms with van der Waals surface area (Å²) in [6.07, 6.45) is 1.73. The van der Waals surface area contributed by atoms with Gasteiger partial charge in [0.1, 0.15) is 6.10 Å². The average Bonchev–Trinajstić information content (AvgIpc) is 2.92. The monoisotopic (exact) mass is 273 g/mol. The predicted molar refractivity (Wildman–Crippen MR) is 68.4 cm³/mol. The second-order valence-corrected chi connectivity index (χ2v) is 5.69. The lowest BCUT2D eigenvalue weighted by Gasteiger charge is -2.36. The SMILES string of the molecule is COC(=O)CC1CSCCN1C(=O)C1CCCO1. The van der Waals surface area contributed by atoms with Gasteiger partial charge in [-0.1, -0.05) is 0 Å². The Kier molecular flexibility index (Phi) is 4.88. The molecule has 102 valence electrons. The Morgan fingerprint density at radius 3 is 3.00 bits per heavy atom. The molecule has 2 rings (SSSR count). The summed E-state index contributed by atoms with van der Waals surface area (Å²) >= 11 is 1.78. The van der Waals surface area contributed by atoms with Crippen molar-refractivity contribution in [2.45, 2.75) is 31.4 Å². The molecule has 5 nitrogen and oxygen atoms in total. The number of carbonyl (C=O) groups is 2. The van der Waals surface area contributed by atoms with Gasteiger partial charge >= 0.3 is 5.97 Å². The number of hydrogen-bond donors (Lipinski definition) is 0. The van der Waals surface area contributed by atoms with Crippen LogP contribution in [0.5, 0.6) is 0 Å². The van der Waals surface area contributed by atoms with Gasteiger partial charge in [0.25, 0.3) is 5.91 Å². The molecule has 0 aromatic heterocycles. The van der Waals surface area contributed by atoms with Crippen molar-refractivity contribution in [3.8, 4) is 0 Å². The quantitative estimate of drug-likeness (QED) is 0.708. The zero-order chi connectivity index (χ0) is 13.0. The van der Waals surface area contributed by atoms with Crippen molar-refractivity contribution in [1.82, 2.24) is 4.90 Å². The Morgan fingerprint density at radius 2 is 2.33 bits per heavy atom. The number of methoxy groups -OCH3 is 1. The first kappa shape index (κ1) is 13.7. The van der Waals surface area contributed by atoms with Gasteiger partial charge in [-0.2, -0.15) is 11.8 Å². The van der Waals surface area contributed by atoms with Gasteiger partial charge in [0.05, 0.1) is 19.6 Å². The summed E-state index contributed by atoms with van der Waals surface area (Å²) in [5.74, 6) is 1.51. The summed E-state index contributed by atoms with van der Waals surface area (Å²) in [4.78, 5) is 25.5. The Labute approximate surface area is 111 Å². The maximum absolute atomic E-state index is 12.3. The van der Waals surface area contributed by atoms with Crippen LogP contribution >= 0.6 is 11.8 Å². The number of ether oxygens (including phenoxy) is 2. The van der Waals surface area contributed by atoms with Crippen LogP contribution in [0.2, 0.25) is 0 Å². The molecule has 0 spiro atoms. The highest BCUT2D eigenvalue weighted by Crippen LogP contribution is 2.23. The number of rotatable bonds is 3. The first-order valence-electron chi connectivity index (χ1n) is 6.29. The Morgan fingerprint density at radius 1 is 1.50 bits per heavy atom. The molecule has 2 aliphatic heterocycles. The first-order chi connectivity index (χ1) is 8.72. The minimum absolute atomic E-state index is 0.0432. The minimum atomic E-state index is -0.298. The van der Waals surface area contributed by atoms with Crippen LogP contribution in [0.25, 0.3) is 0 Å². The van der Waals surface area contributed by atoms with Crippen molar-refractivity contribution < 1.29 is 19.1 Å². The third kappa shape index (κ3) is 3.17. The zero-order valence-electron chi connectivity index (χ0n) is 10.6. The molecule has 0 aromatic carbocycles. The van der Waals surface area contributed by atoms with Crippen LogP contribution in [0.15, 0.2) is 0 Å². The smallest absolute Gasteiger partial charge is 0.307 e. The van der Waals surface area contributed by atoms with E-state index in [1.165, 1.54) is 7.11 Å². The zero-order valence-corrected chi connectivity index (χ0v) is 11.4. The molecule has 0 radical (unpaired) electrons. The third-order valence-electron chi connectivity index (χ3n) is 3.35. The highest BCUT2D eigenvalue weighted by atomic mass is 32.2. The highest BCUT2D eigenvalue weighted by Gasteiger charge is 2.34. The molecule has 1 amide bonds. The molecule has 2 saturated heterocycles. The molecule has 18 heavy (non-hydrogen) atoms. The van der Waals surface area contributed by atoms with E-state index >= 15 is 0 Å². The average molecular weight is 273 g/mol. The van der Waals surface area contributed by atoms with Gasteiger partial charge in [0.2, 0.25) is 0 Å². The van der Waals surface area contributed by atoms with E-state index in [0.717, 1.165) is 24.3 Å². The largest absolute Gasteiger partial charge is 0.469 e. The lowest BCUT2D eigenvalue weighted by atomic mass is 10.1. The van der Waals surface area contributed by atoms with Crippen molar-refractivity contribution >= 4 is 23.6 Å². The molecule has 2 heterocycles. The van der Waals surface area contributed by atoms with Gasteiger partial charge < -0.3 is 14.4 Å². The molecule has 2 fully saturated rings. The van der Waals surface area contributed by atoms with Crippen molar-refractivity contribution in [3.05, 3.63) is 0 Å². The maximum Gasteiger partial charge on any atom is 0.307 e. The molecule has 2 aliphatic rings. The summed E-state index contributed by atoms with van der Waals surface area (Å²) in [5.41, 5.74) is 0. The van der Waals surface area contributed by atoms with Crippen molar-refractivity contribution in [3.63, 3.8) is 0 Å². The topological polar surface area (TPSA) is 55.8 Å². The van der Waals surface area contributed by atoms with Crippen LogP contribution in [0, 0.1) is 0 Å². The van der Waals surface area contributed by atoms with Crippen LogP contribution in [0.3, 0.4) is 0 Å². The summed E-state index contributed by atoms with van der Waals surface area (Å²) in [5, 5.41) is 0. The van der Waals surface area contributed by atoms with Gasteiger partial charge in [-0.3, -0.25) is 9.59 Å². The van der Waals surface area contributed by atoms with E-state index in [0.29, 0.717) is 13.2 Å². The van der Waals surface area contributed by atoms with Crippen LogP contribution < -0.4 is 0 Å². The van der Waals surface area contributed by atoms with E-state index in [1.54, 1.807) is 11.8 Å². The summed E-state index contributed by atoms with van der Waals surface area (Å²) in [6.45, 7) is 1.37. The molecular weight excluding hydrogens is 254 g/mol. The number of amides is 1. The Hall–Kier alpha value is -0.750. The van der Waals surface area contributed by atoms with Crippen molar-refractivity contribution in [2.24, 2.45) is 0 Å². The lowest BCUT2D eigenvalue weighted by molar-refractivity contribution is -0.146. The normalized spacial score (nSPS) is 28.2. The molecule has 6 heteroatoms. The van der Waals surface area contributed by atoms with Crippen LogP contribution in [-0.4, -0.2) is 60.7 Å². The van der Waals surface area contributed by atoms with Crippen molar-refractivity contribution in [2.75, 3.05) is 31.8 Å². The summed E-state index contributed by atoms with van der Waals surface area (Å²) in [6, 6.07) is -0.0482. The second kappa shape index (κ2) is 6.43. The number of esters is 1. The standard InChI is InChI=1S/C12H19NO4S/c1-16-11(14)7-9-8-18-6-4-13(9)12(15)10-3-2-5-17-10/h9-10H,2-8H2,1H3. The van der Waals surface area contributed by atoms with E-state index in [-0.39, 0.29) is 30.4 Å². The maximum atomic E-state index is 12.3. The fourth-order valence-corrected chi connectivity index (χ4v) is 3.41. The minimum Gasteiger partial charge on any atom is -0.469 e. The molecule has 0 aliphatic carbocycles. The highest BCUT2D eigenvalue weighted by molar-refractivity contribution is 7.99. The van der Waals surface area contributed by atoms with Crippen LogP contribution in [-0.2, 0) is 19.1 Å². The number of thioether (sulfide) groups is 1. The molecule has 0 saturated carbocycles. The molecule has 0 bridgehead atoms. The van der Waals surface area contributed by atoms with Crippen LogP contribution in [0.1, 0.15) is 19.3 Å². The Balaban J connectivity index is 1.97. The van der Waals surface area contributed by atoms with E-state index in [1.807, 2.05) is 4.90 Å².